The van der Waals surface area contributed by atoms with Gasteiger partial charge in [0, 0.05) is 44.6 Å². The fourth-order valence-electron chi connectivity index (χ4n) is 3.06. The molecule has 1 saturated heterocycles. The molecule has 0 bridgehead atoms. The lowest BCUT2D eigenvalue weighted by atomic mass is 10.1. The van der Waals surface area contributed by atoms with Crippen molar-refractivity contribution in [3.8, 4) is 0 Å². The first kappa shape index (κ1) is 15.7. The minimum atomic E-state index is 0.0606. The van der Waals surface area contributed by atoms with Gasteiger partial charge in [0.05, 0.1) is 0 Å². The fraction of sp³-hybridized carbons (Fsp3) is 0.444. The Morgan fingerprint density at radius 1 is 1.35 bits per heavy atom. The van der Waals surface area contributed by atoms with Crippen LogP contribution < -0.4 is 10.9 Å². The van der Waals surface area contributed by atoms with Gasteiger partial charge in [-0.3, -0.25) is 9.69 Å². The van der Waals surface area contributed by atoms with E-state index < -0.39 is 0 Å². The highest BCUT2D eigenvalue weighted by atomic mass is 16.1. The number of hydrogen-bond donors (Lipinski definition) is 1. The largest absolute Gasteiger partial charge is 0.370 e. The first-order valence-electron chi connectivity index (χ1n) is 8.15. The molecule has 0 aliphatic carbocycles. The second-order valence-corrected chi connectivity index (χ2v) is 6.42. The lowest BCUT2D eigenvalue weighted by Gasteiger charge is -2.16. The quantitative estimate of drug-likeness (QED) is 0.918. The highest BCUT2D eigenvalue weighted by Crippen LogP contribution is 2.19. The van der Waals surface area contributed by atoms with Crippen molar-refractivity contribution < 1.29 is 0 Å². The standard InChI is InChI=1S/C18H24N4O/c1-14-4-3-5-17(20-14)19-11-16-7-9-22(13-16)12-15-6-8-21(2)18(23)10-15/h3-6,8,10,16H,7,9,11-13H2,1-2H3,(H,19,20)/t16-/m1/s1. The van der Waals surface area contributed by atoms with E-state index in [0.29, 0.717) is 5.92 Å². The van der Waals surface area contributed by atoms with Crippen molar-refractivity contribution in [3.05, 3.63) is 58.1 Å². The predicted molar refractivity (Wildman–Crippen MR) is 92.5 cm³/mol. The monoisotopic (exact) mass is 312 g/mol. The average molecular weight is 312 g/mol. The van der Waals surface area contributed by atoms with E-state index in [1.165, 1.54) is 6.42 Å². The number of rotatable bonds is 5. The van der Waals surface area contributed by atoms with Crippen molar-refractivity contribution in [3.63, 3.8) is 0 Å². The van der Waals surface area contributed by atoms with E-state index in [4.69, 9.17) is 0 Å². The molecule has 5 heteroatoms. The first-order chi connectivity index (χ1) is 11.1. The van der Waals surface area contributed by atoms with Crippen LogP contribution in [0.4, 0.5) is 5.82 Å². The van der Waals surface area contributed by atoms with Crippen molar-refractivity contribution in [2.75, 3.05) is 25.0 Å². The summed E-state index contributed by atoms with van der Waals surface area (Å²) in [5.74, 6) is 1.58. The maximum atomic E-state index is 11.7. The van der Waals surface area contributed by atoms with E-state index in [-0.39, 0.29) is 5.56 Å². The van der Waals surface area contributed by atoms with Crippen LogP contribution in [0.15, 0.2) is 41.3 Å². The van der Waals surface area contributed by atoms with Crippen molar-refractivity contribution in [1.29, 1.82) is 0 Å². The molecule has 1 N–H and O–H groups in total. The third-order valence-corrected chi connectivity index (χ3v) is 4.41. The Morgan fingerprint density at radius 2 is 2.22 bits per heavy atom. The lowest BCUT2D eigenvalue weighted by molar-refractivity contribution is 0.318. The van der Waals surface area contributed by atoms with Gasteiger partial charge >= 0.3 is 0 Å². The van der Waals surface area contributed by atoms with Crippen LogP contribution in [-0.2, 0) is 13.6 Å². The Labute approximate surface area is 137 Å². The van der Waals surface area contributed by atoms with Crippen LogP contribution >= 0.6 is 0 Å². The van der Waals surface area contributed by atoms with Crippen molar-refractivity contribution in [2.45, 2.75) is 19.9 Å². The summed E-state index contributed by atoms with van der Waals surface area (Å²) in [5.41, 5.74) is 2.20. The SMILES string of the molecule is Cc1cccc(NC[C@H]2CCN(Cc3ccn(C)c(=O)c3)C2)n1. The molecule has 3 rings (SSSR count). The topological polar surface area (TPSA) is 50.2 Å². The van der Waals surface area contributed by atoms with E-state index in [1.54, 1.807) is 17.7 Å². The number of aryl methyl sites for hydroxylation is 2. The summed E-state index contributed by atoms with van der Waals surface area (Å²) in [5, 5.41) is 3.44. The molecule has 1 aliphatic rings. The highest BCUT2D eigenvalue weighted by molar-refractivity contribution is 5.35. The van der Waals surface area contributed by atoms with Gasteiger partial charge < -0.3 is 9.88 Å². The Hall–Kier alpha value is -2.14. The number of likely N-dealkylation sites (tertiary alicyclic amines) is 1. The third-order valence-electron chi connectivity index (χ3n) is 4.41. The van der Waals surface area contributed by atoms with E-state index >= 15 is 0 Å². The second-order valence-electron chi connectivity index (χ2n) is 6.42. The van der Waals surface area contributed by atoms with E-state index in [1.807, 2.05) is 37.4 Å². The minimum Gasteiger partial charge on any atom is -0.370 e. The van der Waals surface area contributed by atoms with Gasteiger partial charge in [0.2, 0.25) is 0 Å². The van der Waals surface area contributed by atoms with Crippen LogP contribution in [0.1, 0.15) is 17.7 Å². The summed E-state index contributed by atoms with van der Waals surface area (Å²) >= 11 is 0. The highest BCUT2D eigenvalue weighted by Gasteiger charge is 2.22. The molecule has 0 aromatic carbocycles. The van der Waals surface area contributed by atoms with Gasteiger partial charge in [0.25, 0.3) is 5.56 Å². The van der Waals surface area contributed by atoms with E-state index in [9.17, 15) is 4.79 Å². The Bertz CT molecular complexity index is 725. The summed E-state index contributed by atoms with van der Waals surface area (Å²) in [6, 6.07) is 9.82. The zero-order valence-electron chi connectivity index (χ0n) is 13.8. The smallest absolute Gasteiger partial charge is 0.250 e. The van der Waals surface area contributed by atoms with Gasteiger partial charge in [0.1, 0.15) is 5.82 Å². The number of hydrogen-bond acceptors (Lipinski definition) is 4. The zero-order chi connectivity index (χ0) is 16.2. The summed E-state index contributed by atoms with van der Waals surface area (Å²) in [7, 11) is 1.78. The molecule has 2 aromatic rings. The molecule has 0 saturated carbocycles. The summed E-state index contributed by atoms with van der Waals surface area (Å²) < 4.78 is 1.61. The Balaban J connectivity index is 1.50. The number of aromatic nitrogens is 2. The van der Waals surface area contributed by atoms with E-state index in [2.05, 4.69) is 15.2 Å². The van der Waals surface area contributed by atoms with Crippen LogP contribution in [0.3, 0.4) is 0 Å². The molecule has 2 aromatic heterocycles. The van der Waals surface area contributed by atoms with Crippen LogP contribution in [0, 0.1) is 12.8 Å². The number of anilines is 1. The summed E-state index contributed by atoms with van der Waals surface area (Å²) in [6.45, 7) is 5.96. The van der Waals surface area contributed by atoms with E-state index in [0.717, 1.165) is 43.3 Å². The number of pyridine rings is 2. The van der Waals surface area contributed by atoms with Gasteiger partial charge in [0.15, 0.2) is 0 Å². The maximum Gasteiger partial charge on any atom is 0.250 e. The van der Waals surface area contributed by atoms with Crippen LogP contribution in [0.5, 0.6) is 0 Å². The molecule has 1 fully saturated rings. The normalized spacial score (nSPS) is 18.3. The van der Waals surface area contributed by atoms with Crippen molar-refractivity contribution in [2.24, 2.45) is 13.0 Å². The molecular weight excluding hydrogens is 288 g/mol. The lowest BCUT2D eigenvalue weighted by Crippen LogP contribution is -2.24. The third kappa shape index (κ3) is 4.20. The van der Waals surface area contributed by atoms with Crippen molar-refractivity contribution in [1.82, 2.24) is 14.5 Å². The maximum absolute atomic E-state index is 11.7. The summed E-state index contributed by atoms with van der Waals surface area (Å²) in [4.78, 5) is 18.6. The number of nitrogens with zero attached hydrogens (tertiary/aromatic N) is 3. The van der Waals surface area contributed by atoms with Gasteiger partial charge in [-0.1, -0.05) is 6.07 Å². The summed E-state index contributed by atoms with van der Waals surface area (Å²) in [6.07, 6.45) is 3.03. The van der Waals surface area contributed by atoms with Gasteiger partial charge in [-0.25, -0.2) is 4.98 Å². The Kier molecular flexibility index (Phi) is 4.76. The van der Waals surface area contributed by atoms with Crippen LogP contribution in [0.25, 0.3) is 0 Å². The van der Waals surface area contributed by atoms with Crippen LogP contribution in [-0.4, -0.2) is 34.1 Å². The van der Waals surface area contributed by atoms with Crippen LogP contribution in [0.2, 0.25) is 0 Å². The Morgan fingerprint density at radius 3 is 3.00 bits per heavy atom. The molecule has 5 nitrogen and oxygen atoms in total. The predicted octanol–water partition coefficient (Wildman–Crippen LogP) is 2.02. The number of nitrogens with one attached hydrogen (secondary N) is 1. The van der Waals surface area contributed by atoms with Gasteiger partial charge in [-0.05, 0) is 49.6 Å². The van der Waals surface area contributed by atoms with Crippen molar-refractivity contribution >= 4 is 5.82 Å². The molecule has 0 unspecified atom stereocenters. The molecule has 0 amide bonds. The molecule has 0 spiro atoms. The molecule has 0 radical (unpaired) electrons. The molecule has 122 valence electrons. The molecular formula is C18H24N4O. The molecule has 1 atom stereocenters. The van der Waals surface area contributed by atoms with Gasteiger partial charge in [-0.15, -0.1) is 0 Å². The molecule has 23 heavy (non-hydrogen) atoms. The molecule has 1 aliphatic heterocycles. The second kappa shape index (κ2) is 6.96. The minimum absolute atomic E-state index is 0.0606. The fourth-order valence-corrected chi connectivity index (χ4v) is 3.06. The zero-order valence-corrected chi connectivity index (χ0v) is 13.8. The molecule has 3 heterocycles. The average Bonchev–Trinajstić information content (AvgIpc) is 2.97. The van der Waals surface area contributed by atoms with Gasteiger partial charge in [-0.2, -0.15) is 0 Å². The first-order valence-corrected chi connectivity index (χ1v) is 8.15.